The maximum Gasteiger partial charge on any atom is 0.304 e. The van der Waals surface area contributed by atoms with E-state index in [1.165, 1.54) is 5.56 Å². The normalized spacial score (nSPS) is 12.8. The van der Waals surface area contributed by atoms with Crippen molar-refractivity contribution < 1.29 is 9.90 Å². The number of H-pyrrole nitrogens is 1. The summed E-state index contributed by atoms with van der Waals surface area (Å²) in [5.41, 5.74) is 3.09. The van der Waals surface area contributed by atoms with Crippen molar-refractivity contribution in [3.8, 4) is 0 Å². The molecule has 0 saturated heterocycles. The number of aliphatic carboxylic acids is 1. The molecule has 2 rings (SSSR count). The van der Waals surface area contributed by atoms with Gasteiger partial charge in [0, 0.05) is 22.5 Å². The van der Waals surface area contributed by atoms with Crippen LogP contribution in [0.5, 0.6) is 0 Å². The Hall–Kier alpha value is -1.77. The molecule has 0 fully saturated rings. The van der Waals surface area contributed by atoms with E-state index in [0.29, 0.717) is 0 Å². The van der Waals surface area contributed by atoms with E-state index in [1.54, 1.807) is 0 Å². The second-order valence-electron chi connectivity index (χ2n) is 7.17. The lowest BCUT2D eigenvalue weighted by atomic mass is 9.80. The van der Waals surface area contributed by atoms with Crippen LogP contribution in [0.2, 0.25) is 0 Å². The maximum atomic E-state index is 11.1. The fourth-order valence-corrected chi connectivity index (χ4v) is 2.62. The summed E-state index contributed by atoms with van der Waals surface area (Å²) in [6.07, 6.45) is 2.07. The predicted molar refractivity (Wildman–Crippen MR) is 82.3 cm³/mol. The molecule has 0 unspecified atom stereocenters. The molecule has 1 heterocycles. The second-order valence-corrected chi connectivity index (χ2v) is 7.17. The Morgan fingerprint density at radius 3 is 2.40 bits per heavy atom. The van der Waals surface area contributed by atoms with Crippen molar-refractivity contribution in [3.63, 3.8) is 0 Å². The summed E-state index contributed by atoms with van der Waals surface area (Å²) in [5.74, 6) is -0.767. The lowest BCUT2D eigenvalue weighted by molar-refractivity contribution is -0.138. The van der Waals surface area contributed by atoms with E-state index in [-0.39, 0.29) is 17.3 Å². The number of benzene rings is 1. The minimum atomic E-state index is -0.767. The van der Waals surface area contributed by atoms with E-state index < -0.39 is 5.97 Å². The lowest BCUT2D eigenvalue weighted by Gasteiger charge is -2.23. The molecule has 1 aromatic heterocycles. The topological polar surface area (TPSA) is 53.1 Å². The monoisotopic (exact) mass is 273 g/mol. The fourth-order valence-electron chi connectivity index (χ4n) is 2.62. The Bertz CT molecular complexity index is 645. The Morgan fingerprint density at radius 1 is 1.20 bits per heavy atom. The van der Waals surface area contributed by atoms with Crippen LogP contribution in [0.4, 0.5) is 0 Å². The molecule has 0 spiro atoms. The predicted octanol–water partition coefficient (Wildman–Crippen LogP) is 4.22. The summed E-state index contributed by atoms with van der Waals surface area (Å²) in [7, 11) is 0. The summed E-state index contributed by atoms with van der Waals surface area (Å²) in [4.78, 5) is 14.3. The molecule has 0 saturated carbocycles. The van der Waals surface area contributed by atoms with Crippen LogP contribution in [0.15, 0.2) is 24.4 Å². The molecule has 2 N–H and O–H groups in total. The minimum absolute atomic E-state index is 0.0830. The Morgan fingerprint density at radius 2 is 1.85 bits per heavy atom. The number of hydrogen-bond donors (Lipinski definition) is 2. The smallest absolute Gasteiger partial charge is 0.304 e. The molecule has 0 radical (unpaired) electrons. The average molecular weight is 273 g/mol. The van der Waals surface area contributed by atoms with Crippen molar-refractivity contribution in [1.82, 2.24) is 4.98 Å². The lowest BCUT2D eigenvalue weighted by Crippen LogP contribution is -2.21. The molecule has 108 valence electrons. The molecule has 0 bridgehead atoms. The van der Waals surface area contributed by atoms with Crippen LogP contribution in [0.1, 0.15) is 52.2 Å². The number of carboxylic acids is 1. The molecular formula is C17H23NO2. The van der Waals surface area contributed by atoms with Crippen LogP contribution in [-0.4, -0.2) is 16.1 Å². The number of nitrogens with one attached hydrogen (secondary N) is 1. The van der Waals surface area contributed by atoms with Gasteiger partial charge in [-0.1, -0.05) is 40.7 Å². The Balaban J connectivity index is 2.57. The molecule has 0 atom stereocenters. The summed E-state index contributed by atoms with van der Waals surface area (Å²) in [6, 6.07) is 6.40. The van der Waals surface area contributed by atoms with E-state index in [1.807, 2.05) is 20.0 Å². The zero-order valence-electron chi connectivity index (χ0n) is 12.9. The zero-order chi connectivity index (χ0) is 15.1. The molecule has 2 aromatic rings. The highest BCUT2D eigenvalue weighted by Crippen LogP contribution is 2.35. The number of aromatic nitrogens is 1. The first-order valence-corrected chi connectivity index (χ1v) is 6.95. The van der Waals surface area contributed by atoms with Gasteiger partial charge in [-0.25, -0.2) is 0 Å². The van der Waals surface area contributed by atoms with E-state index in [2.05, 4.69) is 44.0 Å². The molecule has 0 aliphatic carbocycles. The SMILES string of the molecule is CC(C)(C)c1ccc2[nH]cc(C(C)(C)CC(=O)O)c2c1. The Labute approximate surface area is 120 Å². The van der Waals surface area contributed by atoms with Crippen LogP contribution in [0, 0.1) is 0 Å². The van der Waals surface area contributed by atoms with Crippen LogP contribution in [0.3, 0.4) is 0 Å². The van der Waals surface area contributed by atoms with E-state index in [0.717, 1.165) is 16.5 Å². The standard InChI is InChI=1S/C17H23NO2/c1-16(2,3)11-6-7-14-12(8-11)13(10-18-14)17(4,5)9-15(19)20/h6-8,10,18H,9H2,1-5H3,(H,19,20). The molecule has 0 aliphatic heterocycles. The summed E-state index contributed by atoms with van der Waals surface area (Å²) in [5, 5.41) is 10.2. The van der Waals surface area contributed by atoms with Gasteiger partial charge in [0.05, 0.1) is 6.42 Å². The molecule has 0 aliphatic rings. The molecule has 3 heteroatoms. The van der Waals surface area contributed by atoms with Gasteiger partial charge in [-0.05, 0) is 28.7 Å². The number of aromatic amines is 1. The third-order valence-electron chi connectivity index (χ3n) is 3.87. The first kappa shape index (κ1) is 14.6. The zero-order valence-corrected chi connectivity index (χ0v) is 12.9. The third-order valence-corrected chi connectivity index (χ3v) is 3.87. The van der Waals surface area contributed by atoms with Crippen LogP contribution >= 0.6 is 0 Å². The number of carboxylic acid groups (broad SMARTS) is 1. The molecule has 3 nitrogen and oxygen atoms in total. The number of hydrogen-bond acceptors (Lipinski definition) is 1. The van der Waals surface area contributed by atoms with Crippen molar-refractivity contribution in [2.75, 3.05) is 0 Å². The van der Waals surface area contributed by atoms with Gasteiger partial charge in [0.15, 0.2) is 0 Å². The Kier molecular flexibility index (Phi) is 3.41. The summed E-state index contributed by atoms with van der Waals surface area (Å²) in [6.45, 7) is 10.5. The highest BCUT2D eigenvalue weighted by molar-refractivity contribution is 5.86. The van der Waals surface area contributed by atoms with Gasteiger partial charge in [0.2, 0.25) is 0 Å². The third kappa shape index (κ3) is 2.72. The largest absolute Gasteiger partial charge is 0.481 e. The van der Waals surface area contributed by atoms with Crippen LogP contribution < -0.4 is 0 Å². The minimum Gasteiger partial charge on any atom is -0.481 e. The first-order valence-electron chi connectivity index (χ1n) is 6.95. The number of rotatable bonds is 3. The van der Waals surface area contributed by atoms with Crippen molar-refractivity contribution in [2.45, 2.75) is 51.9 Å². The average Bonchev–Trinajstić information content (AvgIpc) is 2.68. The van der Waals surface area contributed by atoms with Gasteiger partial charge in [0.25, 0.3) is 0 Å². The van der Waals surface area contributed by atoms with Gasteiger partial charge >= 0.3 is 5.97 Å². The second kappa shape index (κ2) is 4.65. The van der Waals surface area contributed by atoms with Gasteiger partial charge in [-0.3, -0.25) is 4.79 Å². The highest BCUT2D eigenvalue weighted by Gasteiger charge is 2.27. The molecular weight excluding hydrogens is 250 g/mol. The van der Waals surface area contributed by atoms with Crippen LogP contribution in [0.25, 0.3) is 10.9 Å². The quantitative estimate of drug-likeness (QED) is 0.879. The van der Waals surface area contributed by atoms with Gasteiger partial charge < -0.3 is 10.1 Å². The fraction of sp³-hybridized carbons (Fsp3) is 0.471. The van der Waals surface area contributed by atoms with E-state index in [9.17, 15) is 4.79 Å². The summed E-state index contributed by atoms with van der Waals surface area (Å²) < 4.78 is 0. The van der Waals surface area contributed by atoms with Gasteiger partial charge in [0.1, 0.15) is 0 Å². The van der Waals surface area contributed by atoms with Crippen molar-refractivity contribution in [1.29, 1.82) is 0 Å². The number of carbonyl (C=O) groups is 1. The highest BCUT2D eigenvalue weighted by atomic mass is 16.4. The first-order chi connectivity index (χ1) is 9.11. The van der Waals surface area contributed by atoms with Crippen molar-refractivity contribution in [3.05, 3.63) is 35.5 Å². The maximum absolute atomic E-state index is 11.1. The van der Waals surface area contributed by atoms with Gasteiger partial charge in [-0.2, -0.15) is 0 Å². The van der Waals surface area contributed by atoms with Crippen molar-refractivity contribution in [2.24, 2.45) is 0 Å². The van der Waals surface area contributed by atoms with Crippen LogP contribution in [-0.2, 0) is 15.6 Å². The van der Waals surface area contributed by atoms with Crippen molar-refractivity contribution >= 4 is 16.9 Å². The molecule has 0 amide bonds. The summed E-state index contributed by atoms with van der Waals surface area (Å²) >= 11 is 0. The molecule has 20 heavy (non-hydrogen) atoms. The van der Waals surface area contributed by atoms with Gasteiger partial charge in [-0.15, -0.1) is 0 Å². The number of fused-ring (bicyclic) bond motifs is 1. The van der Waals surface area contributed by atoms with E-state index >= 15 is 0 Å². The van der Waals surface area contributed by atoms with E-state index in [4.69, 9.17) is 5.11 Å². The molecule has 1 aromatic carbocycles.